The molecule has 0 radical (unpaired) electrons. The van der Waals surface area contributed by atoms with E-state index >= 15 is 0 Å². The lowest BCUT2D eigenvalue weighted by atomic mass is 9.79. The van der Waals surface area contributed by atoms with E-state index in [1.165, 1.54) is 55.9 Å². The van der Waals surface area contributed by atoms with E-state index in [2.05, 4.69) is 27.5 Å². The fourth-order valence-corrected chi connectivity index (χ4v) is 4.11. The zero-order valence-electron chi connectivity index (χ0n) is 11.2. The first-order valence-corrected chi connectivity index (χ1v) is 8.03. The minimum Gasteiger partial charge on any atom is -0.314 e. The second kappa shape index (κ2) is 5.27. The minimum atomic E-state index is 0.425. The van der Waals surface area contributed by atoms with E-state index in [0.29, 0.717) is 5.54 Å². The van der Waals surface area contributed by atoms with E-state index in [-0.39, 0.29) is 0 Å². The number of thiazole rings is 1. The molecule has 0 amide bonds. The van der Waals surface area contributed by atoms with Gasteiger partial charge in [-0.2, -0.15) is 0 Å². The number of nitrogens with zero attached hydrogens (tertiary/aromatic N) is 2. The number of rotatable bonds is 2. The molecule has 1 aromatic heterocycles. The van der Waals surface area contributed by atoms with Gasteiger partial charge < -0.3 is 5.32 Å². The van der Waals surface area contributed by atoms with Crippen LogP contribution >= 0.6 is 11.3 Å². The zero-order chi connectivity index (χ0) is 12.4. The molecular formula is C14H23N3S. The third-order valence-corrected chi connectivity index (χ3v) is 5.31. The summed E-state index contributed by atoms with van der Waals surface area (Å²) in [6.45, 7) is 6.63. The lowest BCUT2D eigenvalue weighted by Gasteiger charge is -2.49. The van der Waals surface area contributed by atoms with Crippen LogP contribution in [0.3, 0.4) is 0 Å². The van der Waals surface area contributed by atoms with Gasteiger partial charge in [0.2, 0.25) is 0 Å². The Bertz CT molecular complexity index is 387. The highest BCUT2D eigenvalue weighted by atomic mass is 32.1. The molecule has 4 heteroatoms. The molecular weight excluding hydrogens is 242 g/mol. The molecule has 1 saturated carbocycles. The second-order valence-electron chi connectivity index (χ2n) is 5.74. The second-order valence-corrected chi connectivity index (χ2v) is 6.80. The van der Waals surface area contributed by atoms with Crippen molar-refractivity contribution in [2.75, 3.05) is 19.6 Å². The number of nitrogens with one attached hydrogen (secondary N) is 1. The highest BCUT2D eigenvalue weighted by molar-refractivity contribution is 7.09. The van der Waals surface area contributed by atoms with Gasteiger partial charge in [-0.3, -0.25) is 4.90 Å². The molecule has 1 aliphatic carbocycles. The maximum atomic E-state index is 4.64. The molecule has 3 rings (SSSR count). The van der Waals surface area contributed by atoms with Gasteiger partial charge in [-0.1, -0.05) is 19.3 Å². The van der Waals surface area contributed by atoms with Crippen molar-refractivity contribution in [3.8, 4) is 0 Å². The van der Waals surface area contributed by atoms with Gasteiger partial charge in [0.25, 0.3) is 0 Å². The molecule has 2 aliphatic rings. The summed E-state index contributed by atoms with van der Waals surface area (Å²) in [7, 11) is 0. The number of aromatic nitrogens is 1. The number of hydrogen-bond donors (Lipinski definition) is 1. The van der Waals surface area contributed by atoms with Crippen molar-refractivity contribution in [1.29, 1.82) is 0 Å². The highest BCUT2D eigenvalue weighted by Crippen LogP contribution is 2.35. The minimum absolute atomic E-state index is 0.425. The fourth-order valence-electron chi connectivity index (χ4n) is 3.51. The summed E-state index contributed by atoms with van der Waals surface area (Å²) in [6.07, 6.45) is 6.94. The Labute approximate surface area is 114 Å². The molecule has 2 fully saturated rings. The van der Waals surface area contributed by atoms with E-state index in [1.54, 1.807) is 11.3 Å². The van der Waals surface area contributed by atoms with Crippen LogP contribution in [0.1, 0.15) is 42.8 Å². The molecule has 1 aromatic rings. The predicted octanol–water partition coefficient (Wildman–Crippen LogP) is 2.56. The summed E-state index contributed by atoms with van der Waals surface area (Å²) in [6, 6.07) is 0. The molecule has 1 aliphatic heterocycles. The van der Waals surface area contributed by atoms with Crippen LogP contribution in [0.5, 0.6) is 0 Å². The van der Waals surface area contributed by atoms with Crippen LogP contribution in [-0.4, -0.2) is 35.1 Å². The van der Waals surface area contributed by atoms with Crippen molar-refractivity contribution in [3.63, 3.8) is 0 Å². The maximum absolute atomic E-state index is 4.64. The zero-order valence-corrected chi connectivity index (χ0v) is 12.1. The summed E-state index contributed by atoms with van der Waals surface area (Å²) < 4.78 is 0. The van der Waals surface area contributed by atoms with Gasteiger partial charge in [0, 0.05) is 37.1 Å². The van der Waals surface area contributed by atoms with Gasteiger partial charge in [-0.25, -0.2) is 4.98 Å². The Morgan fingerprint density at radius 2 is 2.22 bits per heavy atom. The summed E-state index contributed by atoms with van der Waals surface area (Å²) in [4.78, 5) is 7.34. The number of hydrogen-bond acceptors (Lipinski definition) is 4. The molecule has 1 spiro atoms. The van der Waals surface area contributed by atoms with Crippen LogP contribution in [-0.2, 0) is 6.54 Å². The van der Waals surface area contributed by atoms with E-state index in [4.69, 9.17) is 0 Å². The van der Waals surface area contributed by atoms with Gasteiger partial charge >= 0.3 is 0 Å². The first-order valence-electron chi connectivity index (χ1n) is 7.15. The molecule has 1 saturated heterocycles. The summed E-state index contributed by atoms with van der Waals surface area (Å²) >= 11 is 1.77. The average Bonchev–Trinajstić information content (AvgIpc) is 2.79. The first kappa shape index (κ1) is 12.6. The van der Waals surface area contributed by atoms with Crippen molar-refractivity contribution in [3.05, 3.63) is 16.1 Å². The standard InChI is InChI=1S/C14H23N3S/c1-12-16-13(10-18-12)9-17-8-7-15-11-14(17)5-3-2-4-6-14/h10,15H,2-9,11H2,1H3. The SMILES string of the molecule is Cc1nc(CN2CCNCC23CCCCC3)cs1. The summed E-state index contributed by atoms with van der Waals surface area (Å²) in [5, 5.41) is 7.03. The summed E-state index contributed by atoms with van der Waals surface area (Å²) in [5.74, 6) is 0. The number of aryl methyl sites for hydroxylation is 1. The van der Waals surface area contributed by atoms with Gasteiger partial charge in [-0.15, -0.1) is 11.3 Å². The lowest BCUT2D eigenvalue weighted by molar-refractivity contribution is 0.0200. The monoisotopic (exact) mass is 265 g/mol. The van der Waals surface area contributed by atoms with Crippen molar-refractivity contribution in [2.45, 2.75) is 51.1 Å². The Hall–Kier alpha value is -0.450. The van der Waals surface area contributed by atoms with E-state index < -0.39 is 0 Å². The molecule has 0 bridgehead atoms. The van der Waals surface area contributed by atoms with Gasteiger partial charge in [0.1, 0.15) is 0 Å². The Kier molecular flexibility index (Phi) is 3.68. The summed E-state index contributed by atoms with van der Waals surface area (Å²) in [5.41, 5.74) is 1.69. The van der Waals surface area contributed by atoms with E-state index in [9.17, 15) is 0 Å². The molecule has 18 heavy (non-hydrogen) atoms. The largest absolute Gasteiger partial charge is 0.314 e. The van der Waals surface area contributed by atoms with Crippen molar-refractivity contribution in [2.24, 2.45) is 0 Å². The van der Waals surface area contributed by atoms with E-state index in [1.807, 2.05) is 0 Å². The third-order valence-electron chi connectivity index (χ3n) is 4.49. The molecule has 0 unspecified atom stereocenters. The molecule has 100 valence electrons. The van der Waals surface area contributed by atoms with Crippen LogP contribution in [0.15, 0.2) is 5.38 Å². The van der Waals surface area contributed by atoms with Crippen LogP contribution in [0.25, 0.3) is 0 Å². The molecule has 1 N–H and O–H groups in total. The first-order chi connectivity index (χ1) is 8.78. The Balaban J connectivity index is 1.75. The van der Waals surface area contributed by atoms with Gasteiger partial charge in [0.05, 0.1) is 10.7 Å². The van der Waals surface area contributed by atoms with Crippen LogP contribution in [0, 0.1) is 6.92 Å². The van der Waals surface area contributed by atoms with E-state index in [0.717, 1.165) is 13.1 Å². The predicted molar refractivity (Wildman–Crippen MR) is 75.9 cm³/mol. The number of piperazine rings is 1. The smallest absolute Gasteiger partial charge is 0.0897 e. The third kappa shape index (κ3) is 2.46. The van der Waals surface area contributed by atoms with Crippen molar-refractivity contribution >= 4 is 11.3 Å². The molecule has 0 atom stereocenters. The quantitative estimate of drug-likeness (QED) is 0.891. The topological polar surface area (TPSA) is 28.2 Å². The van der Waals surface area contributed by atoms with Crippen LogP contribution in [0.2, 0.25) is 0 Å². The van der Waals surface area contributed by atoms with Crippen molar-refractivity contribution in [1.82, 2.24) is 15.2 Å². The fraction of sp³-hybridized carbons (Fsp3) is 0.786. The molecule has 2 heterocycles. The average molecular weight is 265 g/mol. The van der Waals surface area contributed by atoms with Crippen LogP contribution < -0.4 is 5.32 Å². The lowest BCUT2D eigenvalue weighted by Crippen LogP contribution is -2.61. The normalized spacial score (nSPS) is 24.5. The molecule has 3 nitrogen and oxygen atoms in total. The van der Waals surface area contributed by atoms with Crippen molar-refractivity contribution < 1.29 is 0 Å². The van der Waals surface area contributed by atoms with Gasteiger partial charge in [-0.05, 0) is 19.8 Å². The molecule has 0 aromatic carbocycles. The maximum Gasteiger partial charge on any atom is 0.0897 e. The van der Waals surface area contributed by atoms with Crippen LogP contribution in [0.4, 0.5) is 0 Å². The Morgan fingerprint density at radius 3 is 2.94 bits per heavy atom. The highest BCUT2D eigenvalue weighted by Gasteiger charge is 2.39. The van der Waals surface area contributed by atoms with Gasteiger partial charge in [0.15, 0.2) is 0 Å². The Morgan fingerprint density at radius 1 is 1.39 bits per heavy atom.